The highest BCUT2D eigenvalue weighted by molar-refractivity contribution is 5.95. The Labute approximate surface area is 218 Å². The van der Waals surface area contributed by atoms with E-state index >= 15 is 0 Å². The zero-order valence-corrected chi connectivity index (χ0v) is 20.7. The van der Waals surface area contributed by atoms with E-state index in [1.54, 1.807) is 17.0 Å². The molecule has 0 bridgehead atoms. The van der Waals surface area contributed by atoms with Gasteiger partial charge < -0.3 is 9.88 Å². The van der Waals surface area contributed by atoms with Crippen LogP contribution in [0.25, 0.3) is 17.0 Å². The fourth-order valence-corrected chi connectivity index (χ4v) is 4.98. The first-order chi connectivity index (χ1) is 18.5. The molecule has 1 fully saturated rings. The Morgan fingerprint density at radius 3 is 2.39 bits per heavy atom. The van der Waals surface area contributed by atoms with Gasteiger partial charge in [0, 0.05) is 30.9 Å². The van der Waals surface area contributed by atoms with Gasteiger partial charge in [0.15, 0.2) is 0 Å². The number of H-pyrrole nitrogens is 2. The third-order valence-corrected chi connectivity index (χ3v) is 6.99. The lowest BCUT2D eigenvalue weighted by Gasteiger charge is -2.34. The van der Waals surface area contributed by atoms with Gasteiger partial charge in [-0.25, -0.2) is 9.37 Å². The van der Waals surface area contributed by atoms with Gasteiger partial charge in [0.2, 0.25) is 11.9 Å². The molecule has 0 saturated carbocycles. The van der Waals surface area contributed by atoms with E-state index in [-0.39, 0.29) is 23.8 Å². The highest BCUT2D eigenvalue weighted by Crippen LogP contribution is 2.19. The fraction of sp³-hybridized carbons (Fsp3) is 0.207. The van der Waals surface area contributed by atoms with Gasteiger partial charge in [-0.15, -0.1) is 0 Å². The van der Waals surface area contributed by atoms with Crippen LogP contribution < -0.4 is 10.5 Å². The number of para-hydroxylation sites is 3. The number of rotatable bonds is 7. The predicted octanol–water partition coefficient (Wildman–Crippen LogP) is 3.82. The molecule has 0 spiro atoms. The number of hydrogen-bond acceptors (Lipinski definition) is 4. The van der Waals surface area contributed by atoms with Crippen LogP contribution in [0.2, 0.25) is 0 Å². The quantitative estimate of drug-likeness (QED) is 0.348. The highest BCUT2D eigenvalue weighted by Gasteiger charge is 2.27. The number of nitrogens with zero attached hydrogens (tertiary/aromatic N) is 4. The topological polar surface area (TPSA) is 90.0 Å². The van der Waals surface area contributed by atoms with Gasteiger partial charge in [0.05, 0.1) is 23.3 Å². The lowest BCUT2D eigenvalue weighted by Crippen LogP contribution is -2.50. The van der Waals surface area contributed by atoms with Crippen LogP contribution in [0.3, 0.4) is 0 Å². The van der Waals surface area contributed by atoms with Crippen molar-refractivity contribution in [2.24, 2.45) is 0 Å². The molecule has 0 radical (unpaired) electrons. The highest BCUT2D eigenvalue weighted by atomic mass is 19.1. The van der Waals surface area contributed by atoms with Gasteiger partial charge in [-0.2, -0.15) is 4.68 Å². The van der Waals surface area contributed by atoms with Gasteiger partial charge in [-0.3, -0.25) is 19.6 Å². The van der Waals surface area contributed by atoms with E-state index in [2.05, 4.69) is 20.0 Å². The molecule has 8 nitrogen and oxygen atoms in total. The van der Waals surface area contributed by atoms with Crippen molar-refractivity contribution in [3.05, 3.63) is 112 Å². The minimum absolute atomic E-state index is 0.0226. The number of fused-ring (bicyclic) bond motifs is 1. The summed E-state index contributed by atoms with van der Waals surface area (Å²) in [5, 5.41) is 3.26. The first-order valence-corrected chi connectivity index (χ1v) is 12.7. The molecule has 3 heterocycles. The number of hydrogen-bond donors (Lipinski definition) is 2. The summed E-state index contributed by atoms with van der Waals surface area (Å²) in [6.07, 6.45) is 1.06. The van der Waals surface area contributed by atoms with E-state index < -0.39 is 0 Å². The summed E-state index contributed by atoms with van der Waals surface area (Å²) >= 11 is 0. The number of imidazole rings is 1. The number of piperazine rings is 1. The number of amides is 1. The summed E-state index contributed by atoms with van der Waals surface area (Å²) in [6.45, 7) is 1.93. The largest absolute Gasteiger partial charge is 0.322 e. The molecule has 6 rings (SSSR count). The van der Waals surface area contributed by atoms with Crippen molar-refractivity contribution in [2.45, 2.75) is 19.4 Å². The summed E-state index contributed by atoms with van der Waals surface area (Å²) in [5.74, 6) is 0.146. The van der Waals surface area contributed by atoms with Gasteiger partial charge in [0.25, 0.3) is 5.56 Å². The summed E-state index contributed by atoms with van der Waals surface area (Å²) in [4.78, 5) is 38.2. The van der Waals surface area contributed by atoms with Gasteiger partial charge in [-0.1, -0.05) is 42.5 Å². The van der Waals surface area contributed by atoms with Crippen molar-refractivity contribution in [3.8, 4) is 5.95 Å². The van der Waals surface area contributed by atoms with Crippen molar-refractivity contribution in [3.63, 3.8) is 0 Å². The minimum Gasteiger partial charge on any atom is -0.322 e. The molecule has 1 saturated heterocycles. The van der Waals surface area contributed by atoms with Gasteiger partial charge in [0.1, 0.15) is 5.82 Å². The lowest BCUT2D eigenvalue weighted by molar-refractivity contribution is -0.121. The Kier molecular flexibility index (Phi) is 6.35. The number of anilines is 1. The van der Waals surface area contributed by atoms with Gasteiger partial charge in [-0.05, 0) is 54.8 Å². The van der Waals surface area contributed by atoms with E-state index in [1.807, 2.05) is 54.6 Å². The van der Waals surface area contributed by atoms with E-state index in [4.69, 9.17) is 0 Å². The standard InChI is InChI=1S/C29H27FN6O2/c30-21-13-10-20(11-14-21)12-15-23-26(18-34-16-17-35(27(37)19-34)22-6-2-1-3-7-22)33-36(28(23)38)29-31-24-8-4-5-9-25(24)32-29/h1-11,13-14,33H,12,15-19H2,(H,31,32). The maximum Gasteiger partial charge on any atom is 0.277 e. The van der Waals surface area contributed by atoms with Crippen LogP contribution in [0.15, 0.2) is 83.7 Å². The van der Waals surface area contributed by atoms with E-state index in [9.17, 15) is 14.0 Å². The van der Waals surface area contributed by atoms with E-state index in [0.717, 1.165) is 28.0 Å². The number of aromatic amines is 2. The van der Waals surface area contributed by atoms with Crippen molar-refractivity contribution < 1.29 is 9.18 Å². The summed E-state index contributed by atoms with van der Waals surface area (Å²) in [5.41, 5.74) is 4.63. The average molecular weight is 511 g/mol. The number of carbonyl (C=O) groups excluding carboxylic acids is 1. The summed E-state index contributed by atoms with van der Waals surface area (Å²) in [7, 11) is 0. The third-order valence-electron chi connectivity index (χ3n) is 6.99. The Hall–Kier alpha value is -4.50. The number of benzene rings is 3. The predicted molar refractivity (Wildman–Crippen MR) is 144 cm³/mol. The molecule has 0 aliphatic carbocycles. The molecule has 1 amide bonds. The molecule has 1 aliphatic rings. The normalized spacial score (nSPS) is 14.4. The zero-order chi connectivity index (χ0) is 26.1. The van der Waals surface area contributed by atoms with Crippen LogP contribution in [-0.4, -0.2) is 50.2 Å². The lowest BCUT2D eigenvalue weighted by atomic mass is 10.0. The van der Waals surface area contributed by atoms with Crippen LogP contribution in [0.1, 0.15) is 16.8 Å². The van der Waals surface area contributed by atoms with Crippen LogP contribution in [0.4, 0.5) is 10.1 Å². The van der Waals surface area contributed by atoms with Crippen molar-refractivity contribution in [2.75, 3.05) is 24.5 Å². The second kappa shape index (κ2) is 10.1. The van der Waals surface area contributed by atoms with E-state index in [1.165, 1.54) is 16.8 Å². The zero-order valence-electron chi connectivity index (χ0n) is 20.7. The number of nitrogens with one attached hydrogen (secondary N) is 2. The SMILES string of the molecule is O=C1CN(Cc2[nH]n(-c3nc4ccccc4[nH]3)c(=O)c2CCc2ccc(F)cc2)CCN1c1ccccc1. The Bertz CT molecular complexity index is 1600. The molecular formula is C29H27FN6O2. The van der Waals surface area contributed by atoms with Crippen molar-refractivity contribution in [1.82, 2.24) is 24.6 Å². The monoisotopic (exact) mass is 510 g/mol. The Balaban J connectivity index is 1.28. The molecule has 192 valence electrons. The van der Waals surface area contributed by atoms with Crippen LogP contribution in [0, 0.1) is 5.82 Å². The van der Waals surface area contributed by atoms with Crippen molar-refractivity contribution >= 4 is 22.6 Å². The number of aromatic nitrogens is 4. The molecule has 0 unspecified atom stereocenters. The third kappa shape index (κ3) is 4.76. The second-order valence-corrected chi connectivity index (χ2v) is 9.51. The first kappa shape index (κ1) is 23.9. The maximum absolute atomic E-state index is 13.6. The molecule has 38 heavy (non-hydrogen) atoms. The smallest absolute Gasteiger partial charge is 0.277 e. The van der Waals surface area contributed by atoms with Crippen LogP contribution >= 0.6 is 0 Å². The summed E-state index contributed by atoms with van der Waals surface area (Å²) in [6, 6.07) is 23.6. The van der Waals surface area contributed by atoms with Gasteiger partial charge >= 0.3 is 0 Å². The van der Waals surface area contributed by atoms with Crippen LogP contribution in [-0.2, 0) is 24.2 Å². The maximum atomic E-state index is 13.6. The molecule has 2 aromatic heterocycles. The molecule has 2 N–H and O–H groups in total. The number of halogens is 1. The number of aryl methyl sites for hydroxylation is 1. The second-order valence-electron chi connectivity index (χ2n) is 9.51. The Morgan fingerprint density at radius 1 is 0.868 bits per heavy atom. The van der Waals surface area contributed by atoms with E-state index in [0.29, 0.717) is 44.0 Å². The van der Waals surface area contributed by atoms with Crippen molar-refractivity contribution in [1.29, 1.82) is 0 Å². The molecular weight excluding hydrogens is 483 g/mol. The number of carbonyl (C=O) groups is 1. The Morgan fingerprint density at radius 2 is 1.63 bits per heavy atom. The molecule has 0 atom stereocenters. The molecule has 1 aliphatic heterocycles. The average Bonchev–Trinajstić information content (AvgIpc) is 3.49. The first-order valence-electron chi connectivity index (χ1n) is 12.7. The molecule has 9 heteroatoms. The molecule has 3 aromatic carbocycles. The van der Waals surface area contributed by atoms with Crippen LogP contribution in [0.5, 0.6) is 0 Å². The molecule has 5 aromatic rings. The summed E-state index contributed by atoms with van der Waals surface area (Å²) < 4.78 is 14.8. The fourth-order valence-electron chi connectivity index (χ4n) is 4.98. The minimum atomic E-state index is -0.289.